The molecule has 47 heavy (non-hydrogen) atoms. The van der Waals surface area contributed by atoms with Crippen LogP contribution < -0.4 is 0 Å². The second-order valence-corrected chi connectivity index (χ2v) is 18.4. The van der Waals surface area contributed by atoms with Crippen molar-refractivity contribution in [1.82, 2.24) is 24.5 Å². The van der Waals surface area contributed by atoms with Crippen molar-refractivity contribution in [1.29, 1.82) is 0 Å². The fourth-order valence-corrected chi connectivity index (χ4v) is 8.07. The van der Waals surface area contributed by atoms with Crippen molar-refractivity contribution in [3.05, 3.63) is 0 Å². The number of rotatable bonds is 5. The molecule has 5 heterocycles. The molecule has 5 nitrogen and oxygen atoms in total. The molecule has 5 aliphatic heterocycles. The van der Waals surface area contributed by atoms with Gasteiger partial charge in [-0.2, -0.15) is 0 Å². The van der Waals surface area contributed by atoms with E-state index >= 15 is 0 Å². The van der Waals surface area contributed by atoms with Gasteiger partial charge in [0.25, 0.3) is 0 Å². The lowest BCUT2D eigenvalue weighted by Gasteiger charge is -2.38. The molecule has 0 N–H and O–H groups in total. The third kappa shape index (κ3) is 19.1. The average molecular weight is 664 g/mol. The van der Waals surface area contributed by atoms with Crippen molar-refractivity contribution in [2.24, 2.45) is 53.3 Å². The van der Waals surface area contributed by atoms with E-state index in [2.05, 4.69) is 129 Å². The summed E-state index contributed by atoms with van der Waals surface area (Å²) in [6.07, 6.45) is 11.3. The highest BCUT2D eigenvalue weighted by atomic mass is 15.2. The van der Waals surface area contributed by atoms with Gasteiger partial charge in [-0.05, 0) is 166 Å². The molecule has 3 atom stereocenters. The highest BCUT2D eigenvalue weighted by Crippen LogP contribution is 2.25. The lowest BCUT2D eigenvalue weighted by atomic mass is 9.87. The van der Waals surface area contributed by atoms with E-state index < -0.39 is 0 Å². The Bertz CT molecular complexity index is 737. The fraction of sp³-hybridized carbons (Fsp3) is 1.00. The van der Waals surface area contributed by atoms with Crippen molar-refractivity contribution in [3.8, 4) is 0 Å². The van der Waals surface area contributed by atoms with Gasteiger partial charge in [0.15, 0.2) is 0 Å². The highest BCUT2D eigenvalue weighted by molar-refractivity contribution is 4.79. The Morgan fingerprint density at radius 3 is 1.09 bits per heavy atom. The zero-order chi connectivity index (χ0) is 35.7. The monoisotopic (exact) mass is 664 g/mol. The molecule has 0 amide bonds. The molecular formula is C42H89N5. The van der Waals surface area contributed by atoms with Crippen molar-refractivity contribution in [2.45, 2.75) is 127 Å². The van der Waals surface area contributed by atoms with E-state index in [-0.39, 0.29) is 0 Å². The van der Waals surface area contributed by atoms with Crippen LogP contribution in [0.4, 0.5) is 0 Å². The van der Waals surface area contributed by atoms with E-state index in [9.17, 15) is 0 Å². The second-order valence-electron chi connectivity index (χ2n) is 18.4. The number of nitrogens with zero attached hydrogens (tertiary/aromatic N) is 5. The third-order valence-electron chi connectivity index (χ3n) is 12.3. The molecule has 5 rings (SSSR count). The van der Waals surface area contributed by atoms with Gasteiger partial charge in [0.1, 0.15) is 0 Å². The van der Waals surface area contributed by atoms with Crippen molar-refractivity contribution in [3.63, 3.8) is 0 Å². The summed E-state index contributed by atoms with van der Waals surface area (Å²) in [6, 6.07) is 0.855. The average Bonchev–Trinajstić information content (AvgIpc) is 3.44. The smallest absolute Gasteiger partial charge is 0.0115 e. The van der Waals surface area contributed by atoms with Crippen LogP contribution in [-0.4, -0.2) is 125 Å². The van der Waals surface area contributed by atoms with Crippen LogP contribution in [0.5, 0.6) is 0 Å². The van der Waals surface area contributed by atoms with Gasteiger partial charge >= 0.3 is 0 Å². The van der Waals surface area contributed by atoms with Gasteiger partial charge in [0.05, 0.1) is 0 Å². The molecule has 282 valence electrons. The molecule has 5 aliphatic rings. The minimum absolute atomic E-state index is 0.838. The molecule has 0 saturated carbocycles. The minimum atomic E-state index is 0.838. The molecule has 0 bridgehead atoms. The molecule has 0 aromatic heterocycles. The van der Waals surface area contributed by atoms with Crippen molar-refractivity contribution < 1.29 is 0 Å². The zero-order valence-electron chi connectivity index (χ0n) is 35.0. The summed E-state index contributed by atoms with van der Waals surface area (Å²) in [6.45, 7) is 35.1. The van der Waals surface area contributed by atoms with Crippen LogP contribution in [0.2, 0.25) is 0 Å². The third-order valence-corrected chi connectivity index (χ3v) is 12.3. The van der Waals surface area contributed by atoms with Crippen LogP contribution >= 0.6 is 0 Å². The van der Waals surface area contributed by atoms with Gasteiger partial charge in [-0.15, -0.1) is 0 Å². The van der Waals surface area contributed by atoms with E-state index in [0.29, 0.717) is 0 Å². The molecule has 5 heteroatoms. The SMILES string of the molecule is CC(C)C1CCCCN1C.CC(C)C1CCCN(C)C1.CC(C)C1CCN(C)C1.CC(C)C1CCN(C)CC1.CC(C)C1CN(C)C1. The molecule has 3 unspecified atom stereocenters. The molecule has 0 aromatic rings. The van der Waals surface area contributed by atoms with Crippen LogP contribution in [0.1, 0.15) is 121 Å². The molecular weight excluding hydrogens is 574 g/mol. The Balaban J connectivity index is 0.000000294. The first-order chi connectivity index (χ1) is 22.0. The summed E-state index contributed by atoms with van der Waals surface area (Å²) >= 11 is 0. The molecule has 5 saturated heterocycles. The van der Waals surface area contributed by atoms with Gasteiger partial charge < -0.3 is 24.5 Å². The van der Waals surface area contributed by atoms with Crippen LogP contribution in [0, 0.1) is 53.3 Å². The number of likely N-dealkylation sites (tertiary alicyclic amines) is 5. The van der Waals surface area contributed by atoms with Crippen LogP contribution in [0.15, 0.2) is 0 Å². The van der Waals surface area contributed by atoms with Gasteiger partial charge in [-0.3, -0.25) is 0 Å². The normalized spacial score (nSPS) is 27.4. The lowest BCUT2D eigenvalue weighted by molar-refractivity contribution is 0.0967. The topological polar surface area (TPSA) is 16.2 Å². The van der Waals surface area contributed by atoms with E-state index in [1.807, 2.05) is 0 Å². The summed E-state index contributed by atoms with van der Waals surface area (Å²) in [5.41, 5.74) is 0. The standard InChI is InChI=1S/3C9H19N.C8H17N.C7H15N/c1-8(2)9-4-6-10(3)7-5-9;1-8(2)9-5-4-6-10(3)7-9;1-8(2)9-6-4-5-7-10(9)3;1-7(2)8-4-5-9(3)6-8;1-6(2)7-4-8(3)5-7/h3*8-9H,4-7H2,1-3H3;7-8H,4-6H2,1-3H3;6-7H,4-5H2,1-3H3. The molecule has 0 radical (unpaired) electrons. The van der Waals surface area contributed by atoms with E-state index in [1.165, 1.54) is 110 Å². The molecule has 0 aliphatic carbocycles. The number of piperidine rings is 3. The maximum Gasteiger partial charge on any atom is 0.0115 e. The maximum absolute atomic E-state index is 2.51. The predicted octanol–water partition coefficient (Wildman–Crippen LogP) is 8.89. The summed E-state index contributed by atoms with van der Waals surface area (Å²) in [4.78, 5) is 12.2. The fourth-order valence-electron chi connectivity index (χ4n) is 8.07. The number of hydrogen-bond donors (Lipinski definition) is 0. The highest BCUT2D eigenvalue weighted by Gasteiger charge is 2.25. The Morgan fingerprint density at radius 1 is 0.340 bits per heavy atom. The number of hydrogen-bond acceptors (Lipinski definition) is 5. The Hall–Kier alpha value is -0.200. The van der Waals surface area contributed by atoms with Crippen molar-refractivity contribution >= 4 is 0 Å². The van der Waals surface area contributed by atoms with Crippen LogP contribution in [0.25, 0.3) is 0 Å². The zero-order valence-corrected chi connectivity index (χ0v) is 35.0. The van der Waals surface area contributed by atoms with Crippen molar-refractivity contribution in [2.75, 3.05) is 94.1 Å². The van der Waals surface area contributed by atoms with Gasteiger partial charge in [-0.1, -0.05) is 75.7 Å². The molecule has 5 fully saturated rings. The van der Waals surface area contributed by atoms with Crippen LogP contribution in [0.3, 0.4) is 0 Å². The second kappa shape index (κ2) is 24.1. The minimum Gasteiger partial charge on any atom is -0.306 e. The van der Waals surface area contributed by atoms with E-state index in [0.717, 1.165) is 59.3 Å². The Morgan fingerprint density at radius 2 is 0.766 bits per heavy atom. The summed E-state index contributed by atoms with van der Waals surface area (Å²) in [7, 11) is 11.1. The van der Waals surface area contributed by atoms with E-state index in [1.54, 1.807) is 0 Å². The first-order valence-electron chi connectivity index (χ1n) is 20.5. The largest absolute Gasteiger partial charge is 0.306 e. The summed E-state index contributed by atoms with van der Waals surface area (Å²) in [5.74, 6) is 8.30. The molecule has 0 aromatic carbocycles. The van der Waals surface area contributed by atoms with Crippen LogP contribution in [-0.2, 0) is 0 Å². The molecule has 0 spiro atoms. The maximum atomic E-state index is 2.51. The van der Waals surface area contributed by atoms with Gasteiger partial charge in [-0.25, -0.2) is 0 Å². The predicted molar refractivity (Wildman–Crippen MR) is 211 cm³/mol. The summed E-state index contributed by atoms with van der Waals surface area (Å²) in [5, 5.41) is 0. The first kappa shape index (κ1) is 44.8. The quantitative estimate of drug-likeness (QED) is 0.291. The van der Waals surface area contributed by atoms with Gasteiger partial charge in [0, 0.05) is 32.2 Å². The first-order valence-corrected chi connectivity index (χ1v) is 20.5. The van der Waals surface area contributed by atoms with Gasteiger partial charge in [0.2, 0.25) is 0 Å². The Labute approximate surface area is 297 Å². The lowest BCUT2D eigenvalue weighted by Crippen LogP contribution is -2.46. The van der Waals surface area contributed by atoms with E-state index in [4.69, 9.17) is 0 Å². The summed E-state index contributed by atoms with van der Waals surface area (Å²) < 4.78 is 0. The Kier molecular flexibility index (Phi) is 23.0.